The summed E-state index contributed by atoms with van der Waals surface area (Å²) in [6.07, 6.45) is 14.0. The zero-order valence-electron chi connectivity index (χ0n) is 23.8. The Balaban J connectivity index is 0.00000103. The van der Waals surface area contributed by atoms with E-state index >= 15 is 0 Å². The van der Waals surface area contributed by atoms with E-state index in [2.05, 4.69) is 83.8 Å². The number of hydrogen-bond acceptors (Lipinski definition) is 2. The van der Waals surface area contributed by atoms with Gasteiger partial charge < -0.3 is 10.2 Å². The van der Waals surface area contributed by atoms with Crippen molar-refractivity contribution in [1.29, 1.82) is 0 Å². The van der Waals surface area contributed by atoms with Crippen molar-refractivity contribution in [2.24, 2.45) is 23.2 Å². The quantitative estimate of drug-likeness (QED) is 0.432. The summed E-state index contributed by atoms with van der Waals surface area (Å²) in [4.78, 5) is 2.72. The van der Waals surface area contributed by atoms with Gasteiger partial charge in [0.05, 0.1) is 0 Å². The van der Waals surface area contributed by atoms with Gasteiger partial charge in [-0.05, 0) is 85.3 Å². The number of hydrogen-bond donors (Lipinski definition) is 1. The Morgan fingerprint density at radius 2 is 1.74 bits per heavy atom. The molecule has 2 heteroatoms. The van der Waals surface area contributed by atoms with Crippen LogP contribution in [0.3, 0.4) is 0 Å². The summed E-state index contributed by atoms with van der Waals surface area (Å²) in [6, 6.07) is 5.46. The van der Waals surface area contributed by atoms with Gasteiger partial charge in [-0.25, -0.2) is 0 Å². The average Bonchev–Trinajstić information content (AvgIpc) is 3.50. The monoisotopic (exact) mass is 466 g/mol. The zero-order chi connectivity index (χ0) is 24.9. The van der Waals surface area contributed by atoms with Crippen molar-refractivity contribution < 1.29 is 0 Å². The minimum atomic E-state index is 0.375. The third kappa shape index (κ3) is 6.82. The maximum absolute atomic E-state index is 4.07. The molecule has 3 atom stereocenters. The number of likely N-dealkylation sites (N-methyl/N-ethyl adjacent to an activating group) is 1. The molecule has 2 bridgehead atoms. The van der Waals surface area contributed by atoms with Crippen molar-refractivity contribution in [3.63, 3.8) is 0 Å². The summed E-state index contributed by atoms with van der Waals surface area (Å²) >= 11 is 0. The molecule has 0 saturated heterocycles. The number of nitrogens with one attached hydrogen (secondary N) is 1. The van der Waals surface area contributed by atoms with Gasteiger partial charge in [-0.2, -0.15) is 0 Å². The first kappa shape index (κ1) is 27.2. The first-order valence-corrected chi connectivity index (χ1v) is 14.6. The van der Waals surface area contributed by atoms with Crippen molar-refractivity contribution in [1.82, 2.24) is 4.90 Å². The average molecular weight is 467 g/mol. The Kier molecular flexibility index (Phi) is 9.58. The molecule has 0 amide bonds. The Bertz CT molecular complexity index is 811. The molecule has 1 aliphatic heterocycles. The van der Waals surface area contributed by atoms with E-state index in [0.29, 0.717) is 11.5 Å². The van der Waals surface area contributed by atoms with E-state index in [9.17, 15) is 0 Å². The maximum atomic E-state index is 4.07. The van der Waals surface area contributed by atoms with Crippen LogP contribution in [0.25, 0.3) is 0 Å². The number of fused-ring (bicyclic) bond motifs is 1. The third-order valence-corrected chi connectivity index (χ3v) is 8.09. The molecule has 1 saturated carbocycles. The van der Waals surface area contributed by atoms with Gasteiger partial charge >= 0.3 is 0 Å². The highest BCUT2D eigenvalue weighted by Crippen LogP contribution is 2.43. The van der Waals surface area contributed by atoms with Crippen molar-refractivity contribution in [3.05, 3.63) is 40.6 Å². The zero-order valence-corrected chi connectivity index (χ0v) is 23.8. The van der Waals surface area contributed by atoms with Gasteiger partial charge in [-0.1, -0.05) is 79.5 Å². The standard InChI is InChI=1S/C29H46N2.C3H8/c1-7-21-12-13-22-16-24(31(9-3)19-20-10-11-20)15-14-23(18-29(4,5)6)25(8-2)27-17-26(22)28(21)30-27;1-3-2/h12-13,15,20,23,25,27,30H,7-11,14,16-19H2,1-6H3;3H2,1-2H3/b24-15-;/t23?,25?,27-;/m1./s1. The molecular weight excluding hydrogens is 412 g/mol. The fraction of sp³-hybridized carbons (Fsp3) is 0.750. The predicted octanol–water partition coefficient (Wildman–Crippen LogP) is 8.64. The Morgan fingerprint density at radius 3 is 2.29 bits per heavy atom. The Hall–Kier alpha value is -1.44. The van der Waals surface area contributed by atoms with Crippen LogP contribution in [0.2, 0.25) is 0 Å². The van der Waals surface area contributed by atoms with Crippen LogP contribution in [0, 0.1) is 23.2 Å². The van der Waals surface area contributed by atoms with Gasteiger partial charge in [-0.15, -0.1) is 0 Å². The second-order valence-corrected chi connectivity index (χ2v) is 12.4. The largest absolute Gasteiger partial charge is 0.381 e. The molecule has 2 nitrogen and oxygen atoms in total. The Labute approximate surface area is 212 Å². The van der Waals surface area contributed by atoms with E-state index < -0.39 is 0 Å². The first-order chi connectivity index (χ1) is 16.2. The van der Waals surface area contributed by atoms with Gasteiger partial charge in [0.1, 0.15) is 0 Å². The molecule has 3 aliphatic rings. The summed E-state index contributed by atoms with van der Waals surface area (Å²) < 4.78 is 0. The van der Waals surface area contributed by atoms with Gasteiger partial charge in [0.25, 0.3) is 0 Å². The minimum absolute atomic E-state index is 0.375. The molecule has 192 valence electrons. The molecule has 4 rings (SSSR count). The second-order valence-electron chi connectivity index (χ2n) is 12.4. The first-order valence-electron chi connectivity index (χ1n) is 14.6. The molecule has 0 aromatic heterocycles. The summed E-state index contributed by atoms with van der Waals surface area (Å²) in [6.45, 7) is 21.0. The fourth-order valence-electron chi connectivity index (χ4n) is 6.33. The van der Waals surface area contributed by atoms with Crippen LogP contribution >= 0.6 is 0 Å². The van der Waals surface area contributed by atoms with Crippen LogP contribution in [-0.4, -0.2) is 24.0 Å². The molecule has 1 aromatic carbocycles. The second kappa shape index (κ2) is 12.0. The molecule has 1 aromatic rings. The summed E-state index contributed by atoms with van der Waals surface area (Å²) in [5, 5.41) is 4.07. The topological polar surface area (TPSA) is 15.3 Å². The molecule has 0 spiro atoms. The van der Waals surface area contributed by atoms with Crippen LogP contribution in [0.4, 0.5) is 5.69 Å². The highest BCUT2D eigenvalue weighted by molar-refractivity contribution is 5.65. The van der Waals surface area contributed by atoms with E-state index in [4.69, 9.17) is 0 Å². The van der Waals surface area contributed by atoms with Crippen molar-refractivity contribution >= 4 is 5.69 Å². The smallest absolute Gasteiger partial charge is 0.0411 e. The van der Waals surface area contributed by atoms with Gasteiger partial charge in [0.15, 0.2) is 0 Å². The van der Waals surface area contributed by atoms with Gasteiger partial charge in [-0.3, -0.25) is 0 Å². The number of anilines is 1. The normalized spacial score (nSPS) is 25.5. The van der Waals surface area contributed by atoms with Crippen LogP contribution in [0.5, 0.6) is 0 Å². The highest BCUT2D eigenvalue weighted by atomic mass is 15.1. The summed E-state index contributed by atoms with van der Waals surface area (Å²) in [7, 11) is 0. The fourth-order valence-corrected chi connectivity index (χ4v) is 6.33. The molecule has 1 N–H and O–H groups in total. The maximum Gasteiger partial charge on any atom is 0.0411 e. The van der Waals surface area contributed by atoms with E-state index in [0.717, 1.165) is 37.1 Å². The molecule has 2 aliphatic carbocycles. The van der Waals surface area contributed by atoms with Crippen molar-refractivity contribution in [3.8, 4) is 0 Å². The Morgan fingerprint density at radius 1 is 1.03 bits per heavy atom. The van der Waals surface area contributed by atoms with E-state index in [1.165, 1.54) is 62.7 Å². The SMILES string of the molecule is CCC.CCc1ccc2c3c1N[C@H](C3)C(CC)C(CC(C)(C)C)C/C=C(\N(CC)CC1CC1)C2. The van der Waals surface area contributed by atoms with E-state index in [1.54, 1.807) is 16.8 Å². The molecular formula is C32H54N2. The third-order valence-electron chi connectivity index (χ3n) is 8.09. The minimum Gasteiger partial charge on any atom is -0.381 e. The molecule has 2 unspecified atom stereocenters. The number of aryl methyl sites for hydroxylation is 1. The lowest BCUT2D eigenvalue weighted by atomic mass is 9.72. The number of rotatable bonds is 7. The lowest BCUT2D eigenvalue weighted by Crippen LogP contribution is -2.35. The van der Waals surface area contributed by atoms with E-state index in [1.807, 2.05) is 0 Å². The molecule has 1 fully saturated rings. The predicted molar refractivity (Wildman–Crippen MR) is 151 cm³/mol. The van der Waals surface area contributed by atoms with Crippen LogP contribution < -0.4 is 5.32 Å². The van der Waals surface area contributed by atoms with E-state index in [-0.39, 0.29) is 0 Å². The lowest BCUT2D eigenvalue weighted by molar-refractivity contribution is 0.199. The number of benzene rings is 1. The van der Waals surface area contributed by atoms with Crippen molar-refractivity contribution in [2.75, 3.05) is 18.4 Å². The molecule has 1 heterocycles. The lowest BCUT2D eigenvalue weighted by Gasteiger charge is -2.36. The van der Waals surface area contributed by atoms with Crippen LogP contribution in [0.1, 0.15) is 111 Å². The van der Waals surface area contributed by atoms with Gasteiger partial charge in [0.2, 0.25) is 0 Å². The summed E-state index contributed by atoms with van der Waals surface area (Å²) in [5.41, 5.74) is 8.18. The van der Waals surface area contributed by atoms with Crippen LogP contribution in [0.15, 0.2) is 23.9 Å². The van der Waals surface area contributed by atoms with Crippen molar-refractivity contribution in [2.45, 2.75) is 119 Å². The van der Waals surface area contributed by atoms with Gasteiger partial charge in [0, 0.05) is 36.9 Å². The number of nitrogens with zero attached hydrogens (tertiary/aromatic N) is 1. The number of allylic oxidation sites excluding steroid dienone is 2. The van der Waals surface area contributed by atoms with Crippen LogP contribution in [-0.2, 0) is 19.3 Å². The molecule has 34 heavy (non-hydrogen) atoms. The highest BCUT2D eigenvalue weighted by Gasteiger charge is 2.37. The summed E-state index contributed by atoms with van der Waals surface area (Å²) in [5.74, 6) is 2.42. The molecule has 0 radical (unpaired) electrons.